The van der Waals surface area contributed by atoms with E-state index >= 15 is 0 Å². The van der Waals surface area contributed by atoms with Crippen molar-refractivity contribution in [2.45, 2.75) is 32.1 Å². The summed E-state index contributed by atoms with van der Waals surface area (Å²) in [4.78, 5) is 0. The zero-order chi connectivity index (χ0) is 8.13. The highest BCUT2D eigenvalue weighted by Crippen LogP contribution is 2.60. The van der Waals surface area contributed by atoms with Gasteiger partial charge in [-0.3, -0.25) is 0 Å². The Bertz CT molecular complexity index is 187. The number of aliphatic hydroxyl groups is 1. The fourth-order valence-corrected chi connectivity index (χ4v) is 4.42. The molecule has 3 aliphatic rings. The van der Waals surface area contributed by atoms with Crippen molar-refractivity contribution in [2.75, 3.05) is 6.61 Å². The summed E-state index contributed by atoms with van der Waals surface area (Å²) in [5.41, 5.74) is 0. The fraction of sp³-hybridized carbons (Fsp3) is 1.00. The summed E-state index contributed by atoms with van der Waals surface area (Å²) in [5, 5.41) is 9.21. The molecule has 2 bridgehead atoms. The largest absolute Gasteiger partial charge is 0.396 e. The third kappa shape index (κ3) is 0.783. The molecule has 0 radical (unpaired) electrons. The molecule has 0 aromatic rings. The molecule has 0 aliphatic heterocycles. The lowest BCUT2D eigenvalue weighted by Gasteiger charge is -2.30. The lowest BCUT2D eigenvalue weighted by molar-refractivity contribution is 0.121. The van der Waals surface area contributed by atoms with Crippen molar-refractivity contribution < 1.29 is 5.11 Å². The smallest absolute Gasteiger partial charge is 0.0462 e. The number of hydrogen-bond acceptors (Lipinski definition) is 1. The van der Waals surface area contributed by atoms with E-state index in [0.29, 0.717) is 12.5 Å². The van der Waals surface area contributed by atoms with Crippen LogP contribution in [0.4, 0.5) is 0 Å². The Morgan fingerprint density at radius 3 is 2.67 bits per heavy atom. The molecule has 0 amide bonds. The molecular formula is C11H18O. The van der Waals surface area contributed by atoms with Gasteiger partial charge < -0.3 is 5.11 Å². The Morgan fingerprint density at radius 2 is 1.83 bits per heavy atom. The SMILES string of the molecule is OC[C@@H]1C[C@@H]2C[C@@H]1[C@H]1CCC[C@H]21. The van der Waals surface area contributed by atoms with Gasteiger partial charge in [-0.15, -0.1) is 0 Å². The Kier molecular flexibility index (Phi) is 1.52. The minimum atomic E-state index is 0.463. The van der Waals surface area contributed by atoms with Crippen molar-refractivity contribution in [3.63, 3.8) is 0 Å². The molecule has 3 aliphatic carbocycles. The van der Waals surface area contributed by atoms with Crippen LogP contribution in [0.2, 0.25) is 0 Å². The molecule has 0 heterocycles. The molecular weight excluding hydrogens is 148 g/mol. The van der Waals surface area contributed by atoms with Gasteiger partial charge in [0, 0.05) is 6.61 Å². The maximum absolute atomic E-state index is 9.21. The molecule has 5 atom stereocenters. The summed E-state index contributed by atoms with van der Waals surface area (Å²) in [6, 6.07) is 0. The van der Waals surface area contributed by atoms with Crippen LogP contribution in [-0.4, -0.2) is 11.7 Å². The first-order valence-electron chi connectivity index (χ1n) is 5.51. The highest BCUT2D eigenvalue weighted by atomic mass is 16.3. The zero-order valence-electron chi connectivity index (χ0n) is 7.58. The van der Waals surface area contributed by atoms with E-state index in [4.69, 9.17) is 0 Å². The van der Waals surface area contributed by atoms with Crippen LogP contribution in [0.15, 0.2) is 0 Å². The lowest BCUT2D eigenvalue weighted by Crippen LogP contribution is -2.26. The second-order valence-corrected chi connectivity index (χ2v) is 5.10. The van der Waals surface area contributed by atoms with Gasteiger partial charge in [0.15, 0.2) is 0 Å². The molecule has 0 aromatic heterocycles. The minimum Gasteiger partial charge on any atom is -0.396 e. The molecule has 12 heavy (non-hydrogen) atoms. The van der Waals surface area contributed by atoms with Gasteiger partial charge in [0.1, 0.15) is 0 Å². The average Bonchev–Trinajstić information content (AvgIpc) is 2.75. The van der Waals surface area contributed by atoms with Crippen LogP contribution in [0.25, 0.3) is 0 Å². The van der Waals surface area contributed by atoms with Gasteiger partial charge in [-0.05, 0) is 55.3 Å². The monoisotopic (exact) mass is 166 g/mol. The van der Waals surface area contributed by atoms with Crippen molar-refractivity contribution in [3.05, 3.63) is 0 Å². The van der Waals surface area contributed by atoms with Crippen LogP contribution in [0.5, 0.6) is 0 Å². The molecule has 0 spiro atoms. The van der Waals surface area contributed by atoms with Crippen LogP contribution in [0.1, 0.15) is 32.1 Å². The van der Waals surface area contributed by atoms with Crippen molar-refractivity contribution >= 4 is 0 Å². The molecule has 3 saturated carbocycles. The van der Waals surface area contributed by atoms with Gasteiger partial charge in [-0.2, -0.15) is 0 Å². The van der Waals surface area contributed by atoms with E-state index in [0.717, 1.165) is 23.7 Å². The van der Waals surface area contributed by atoms with E-state index in [1.165, 1.54) is 32.1 Å². The molecule has 0 saturated heterocycles. The highest BCUT2D eigenvalue weighted by molar-refractivity contribution is 5.02. The van der Waals surface area contributed by atoms with Crippen molar-refractivity contribution in [1.29, 1.82) is 0 Å². The molecule has 3 fully saturated rings. The summed E-state index contributed by atoms with van der Waals surface area (Å²) in [7, 11) is 0. The minimum absolute atomic E-state index is 0.463. The zero-order valence-corrected chi connectivity index (χ0v) is 7.58. The van der Waals surface area contributed by atoms with Crippen molar-refractivity contribution in [3.8, 4) is 0 Å². The lowest BCUT2D eigenvalue weighted by atomic mass is 9.76. The average molecular weight is 166 g/mol. The maximum atomic E-state index is 9.21. The van der Waals surface area contributed by atoms with Crippen LogP contribution in [0.3, 0.4) is 0 Å². The second kappa shape index (κ2) is 2.47. The molecule has 1 nitrogen and oxygen atoms in total. The molecule has 1 N–H and O–H groups in total. The number of hydrogen-bond donors (Lipinski definition) is 1. The predicted octanol–water partition coefficient (Wildman–Crippen LogP) is 2.05. The molecule has 68 valence electrons. The normalized spacial score (nSPS) is 56.2. The van der Waals surface area contributed by atoms with E-state index in [9.17, 15) is 5.11 Å². The Morgan fingerprint density at radius 1 is 1.00 bits per heavy atom. The van der Waals surface area contributed by atoms with Crippen LogP contribution >= 0.6 is 0 Å². The molecule has 0 unspecified atom stereocenters. The number of rotatable bonds is 1. The van der Waals surface area contributed by atoms with Gasteiger partial charge in [-0.25, -0.2) is 0 Å². The van der Waals surface area contributed by atoms with Crippen LogP contribution < -0.4 is 0 Å². The van der Waals surface area contributed by atoms with E-state index in [1.807, 2.05) is 0 Å². The van der Waals surface area contributed by atoms with Gasteiger partial charge in [0.25, 0.3) is 0 Å². The summed E-state index contributed by atoms with van der Waals surface area (Å²) < 4.78 is 0. The topological polar surface area (TPSA) is 20.2 Å². The van der Waals surface area contributed by atoms with Crippen LogP contribution in [0, 0.1) is 29.6 Å². The summed E-state index contributed by atoms with van der Waals surface area (Å²) in [6.45, 7) is 0.463. The van der Waals surface area contributed by atoms with Crippen molar-refractivity contribution in [2.24, 2.45) is 29.6 Å². The standard InChI is InChI=1S/C11H18O/c12-6-8-4-7-5-11(8)10-3-1-2-9(7)10/h7-12H,1-6H2/t7-,8+,9-,10+,11+/m1/s1. The quantitative estimate of drug-likeness (QED) is 0.632. The highest BCUT2D eigenvalue weighted by Gasteiger charge is 2.53. The van der Waals surface area contributed by atoms with E-state index in [-0.39, 0.29) is 0 Å². The molecule has 1 heteroatoms. The van der Waals surface area contributed by atoms with Gasteiger partial charge in [0.05, 0.1) is 0 Å². The first kappa shape index (κ1) is 7.37. The Balaban J connectivity index is 1.83. The summed E-state index contributed by atoms with van der Waals surface area (Å²) >= 11 is 0. The van der Waals surface area contributed by atoms with E-state index < -0.39 is 0 Å². The first-order valence-corrected chi connectivity index (χ1v) is 5.51. The van der Waals surface area contributed by atoms with Crippen molar-refractivity contribution in [1.82, 2.24) is 0 Å². The Labute approximate surface area is 74.2 Å². The molecule has 3 rings (SSSR count). The maximum Gasteiger partial charge on any atom is 0.0462 e. The Hall–Kier alpha value is -0.0400. The predicted molar refractivity (Wildman–Crippen MR) is 47.6 cm³/mol. The molecule has 0 aromatic carbocycles. The van der Waals surface area contributed by atoms with Gasteiger partial charge >= 0.3 is 0 Å². The summed E-state index contributed by atoms with van der Waals surface area (Å²) in [6.07, 6.45) is 7.26. The number of aliphatic hydroxyl groups excluding tert-OH is 1. The van der Waals surface area contributed by atoms with E-state index in [1.54, 1.807) is 0 Å². The number of fused-ring (bicyclic) bond motifs is 5. The first-order chi connectivity index (χ1) is 5.90. The third-order valence-corrected chi connectivity index (χ3v) is 4.80. The van der Waals surface area contributed by atoms with Gasteiger partial charge in [0.2, 0.25) is 0 Å². The van der Waals surface area contributed by atoms with Crippen LogP contribution in [-0.2, 0) is 0 Å². The summed E-state index contributed by atoms with van der Waals surface area (Å²) in [5.74, 6) is 4.74. The van der Waals surface area contributed by atoms with E-state index in [2.05, 4.69) is 0 Å². The third-order valence-electron chi connectivity index (χ3n) is 4.80. The fourth-order valence-electron chi connectivity index (χ4n) is 4.42. The second-order valence-electron chi connectivity index (χ2n) is 5.10. The van der Waals surface area contributed by atoms with Gasteiger partial charge in [-0.1, -0.05) is 6.42 Å².